The van der Waals surface area contributed by atoms with Crippen molar-refractivity contribution < 1.29 is 4.79 Å². The second-order valence-corrected chi connectivity index (χ2v) is 5.83. The Labute approximate surface area is 112 Å². The molecule has 1 unspecified atom stereocenters. The van der Waals surface area contributed by atoms with Gasteiger partial charge in [0.1, 0.15) is 5.56 Å². The molecule has 1 aromatic heterocycles. The Kier molecular flexibility index (Phi) is 3.49. The molecule has 1 aliphatic heterocycles. The molecule has 5 heteroatoms. The molecule has 0 saturated carbocycles. The van der Waals surface area contributed by atoms with E-state index in [0.29, 0.717) is 19.6 Å². The van der Waals surface area contributed by atoms with Gasteiger partial charge in [-0.25, -0.2) is 0 Å². The molecule has 1 fully saturated rings. The van der Waals surface area contributed by atoms with Gasteiger partial charge in [-0.05, 0) is 43.9 Å². The maximum atomic E-state index is 12.5. The molecule has 1 amide bonds. The van der Waals surface area contributed by atoms with Gasteiger partial charge in [-0.2, -0.15) is 0 Å². The van der Waals surface area contributed by atoms with Gasteiger partial charge in [0, 0.05) is 18.8 Å². The van der Waals surface area contributed by atoms with Crippen molar-refractivity contribution in [1.82, 2.24) is 9.88 Å². The first-order valence-electron chi connectivity index (χ1n) is 6.56. The molecule has 2 heterocycles. The minimum atomic E-state index is -0.302. The van der Waals surface area contributed by atoms with E-state index in [-0.39, 0.29) is 22.4 Å². The highest BCUT2D eigenvalue weighted by Gasteiger charge is 2.36. The van der Waals surface area contributed by atoms with E-state index in [4.69, 9.17) is 5.73 Å². The fourth-order valence-electron chi connectivity index (χ4n) is 2.64. The molecule has 19 heavy (non-hydrogen) atoms. The lowest BCUT2D eigenvalue weighted by atomic mass is 9.90. The number of H-pyrrole nitrogens is 1. The molecule has 5 nitrogen and oxygen atoms in total. The summed E-state index contributed by atoms with van der Waals surface area (Å²) in [5, 5.41) is 0. The monoisotopic (exact) mass is 263 g/mol. The SMILES string of the molecule is Cc1cc(C)c(C(=O)N2CCC(C)(CN)C2)c(=O)[nH]1. The van der Waals surface area contributed by atoms with Crippen molar-refractivity contribution in [2.24, 2.45) is 11.1 Å². The van der Waals surface area contributed by atoms with Crippen molar-refractivity contribution in [3.63, 3.8) is 0 Å². The molecule has 1 aromatic rings. The Morgan fingerprint density at radius 2 is 2.21 bits per heavy atom. The van der Waals surface area contributed by atoms with Crippen molar-refractivity contribution >= 4 is 5.91 Å². The molecule has 0 spiro atoms. The smallest absolute Gasteiger partial charge is 0.261 e. The number of pyridine rings is 1. The van der Waals surface area contributed by atoms with Crippen LogP contribution in [0.4, 0.5) is 0 Å². The number of carbonyl (C=O) groups is 1. The second-order valence-electron chi connectivity index (χ2n) is 5.83. The summed E-state index contributed by atoms with van der Waals surface area (Å²) in [5.74, 6) is -0.184. The van der Waals surface area contributed by atoms with Crippen LogP contribution in [0.15, 0.2) is 10.9 Å². The Morgan fingerprint density at radius 1 is 1.53 bits per heavy atom. The summed E-state index contributed by atoms with van der Waals surface area (Å²) in [5.41, 5.74) is 7.17. The largest absolute Gasteiger partial charge is 0.338 e. The third kappa shape index (κ3) is 2.56. The van der Waals surface area contributed by atoms with Crippen LogP contribution in [-0.4, -0.2) is 35.4 Å². The number of likely N-dealkylation sites (tertiary alicyclic amines) is 1. The topological polar surface area (TPSA) is 79.2 Å². The second kappa shape index (κ2) is 4.81. The molecule has 2 rings (SSSR count). The number of aromatic nitrogens is 1. The van der Waals surface area contributed by atoms with Gasteiger partial charge >= 0.3 is 0 Å². The van der Waals surface area contributed by atoms with Gasteiger partial charge in [0.05, 0.1) is 0 Å². The van der Waals surface area contributed by atoms with Gasteiger partial charge in [-0.1, -0.05) is 6.92 Å². The van der Waals surface area contributed by atoms with E-state index in [1.54, 1.807) is 11.8 Å². The fraction of sp³-hybridized carbons (Fsp3) is 0.571. The van der Waals surface area contributed by atoms with Crippen LogP contribution >= 0.6 is 0 Å². The zero-order chi connectivity index (χ0) is 14.2. The first kappa shape index (κ1) is 13.8. The average molecular weight is 263 g/mol. The Bertz CT molecular complexity index is 564. The number of hydrogen-bond acceptors (Lipinski definition) is 3. The van der Waals surface area contributed by atoms with Crippen molar-refractivity contribution in [2.45, 2.75) is 27.2 Å². The van der Waals surface area contributed by atoms with Crippen LogP contribution in [0.1, 0.15) is 35.0 Å². The lowest BCUT2D eigenvalue weighted by molar-refractivity contribution is 0.0774. The summed E-state index contributed by atoms with van der Waals surface area (Å²) >= 11 is 0. The number of nitrogens with zero attached hydrogens (tertiary/aromatic N) is 1. The van der Waals surface area contributed by atoms with Gasteiger partial charge < -0.3 is 15.6 Å². The lowest BCUT2D eigenvalue weighted by Crippen LogP contribution is -2.37. The summed E-state index contributed by atoms with van der Waals surface area (Å²) in [4.78, 5) is 28.9. The highest BCUT2D eigenvalue weighted by atomic mass is 16.2. The number of amides is 1. The average Bonchev–Trinajstić information content (AvgIpc) is 2.71. The van der Waals surface area contributed by atoms with Crippen molar-refractivity contribution in [3.8, 4) is 0 Å². The normalized spacial score (nSPS) is 22.8. The van der Waals surface area contributed by atoms with E-state index < -0.39 is 0 Å². The molecule has 0 aliphatic carbocycles. The van der Waals surface area contributed by atoms with E-state index in [1.807, 2.05) is 13.0 Å². The summed E-state index contributed by atoms with van der Waals surface area (Å²) < 4.78 is 0. The van der Waals surface area contributed by atoms with E-state index in [2.05, 4.69) is 11.9 Å². The molecule has 1 aliphatic rings. The number of aryl methyl sites for hydroxylation is 2. The highest BCUT2D eigenvalue weighted by molar-refractivity contribution is 5.95. The van der Waals surface area contributed by atoms with Gasteiger partial charge in [0.2, 0.25) is 0 Å². The zero-order valence-electron chi connectivity index (χ0n) is 11.7. The first-order chi connectivity index (χ1) is 8.86. The number of nitrogens with one attached hydrogen (secondary N) is 1. The summed E-state index contributed by atoms with van der Waals surface area (Å²) in [6.45, 7) is 7.53. The maximum absolute atomic E-state index is 12.5. The molecule has 0 bridgehead atoms. The van der Waals surface area contributed by atoms with Gasteiger partial charge in [0.25, 0.3) is 11.5 Å². The molecule has 0 radical (unpaired) electrons. The van der Waals surface area contributed by atoms with Gasteiger partial charge in [0.15, 0.2) is 0 Å². The van der Waals surface area contributed by atoms with Crippen LogP contribution < -0.4 is 11.3 Å². The van der Waals surface area contributed by atoms with E-state index in [9.17, 15) is 9.59 Å². The van der Waals surface area contributed by atoms with Crippen LogP contribution in [0.3, 0.4) is 0 Å². The van der Waals surface area contributed by atoms with Crippen LogP contribution in [0, 0.1) is 19.3 Å². The minimum absolute atomic E-state index is 0.0268. The fourth-order valence-corrected chi connectivity index (χ4v) is 2.64. The van der Waals surface area contributed by atoms with Crippen molar-refractivity contribution in [3.05, 3.63) is 33.2 Å². The number of rotatable bonds is 2. The Hall–Kier alpha value is -1.62. The van der Waals surface area contributed by atoms with Crippen LogP contribution in [0.25, 0.3) is 0 Å². The standard InChI is InChI=1S/C14H21N3O2/c1-9-6-10(2)16-12(18)11(9)13(19)17-5-4-14(3,7-15)8-17/h6H,4-5,7-8,15H2,1-3H3,(H,16,18). The first-order valence-corrected chi connectivity index (χ1v) is 6.56. The third-order valence-corrected chi connectivity index (χ3v) is 3.92. The minimum Gasteiger partial charge on any atom is -0.338 e. The molecule has 1 saturated heterocycles. The van der Waals surface area contributed by atoms with Crippen LogP contribution in [0.2, 0.25) is 0 Å². The Balaban J connectivity index is 2.30. The molecule has 1 atom stereocenters. The number of hydrogen-bond donors (Lipinski definition) is 2. The summed E-state index contributed by atoms with van der Waals surface area (Å²) in [6, 6.07) is 1.83. The number of aromatic amines is 1. The van der Waals surface area contributed by atoms with E-state index in [1.165, 1.54) is 0 Å². The predicted molar refractivity (Wildman–Crippen MR) is 74.2 cm³/mol. The number of carbonyl (C=O) groups excluding carboxylic acids is 1. The van der Waals surface area contributed by atoms with Crippen molar-refractivity contribution in [1.29, 1.82) is 0 Å². The highest BCUT2D eigenvalue weighted by Crippen LogP contribution is 2.29. The number of nitrogens with two attached hydrogens (primary N) is 1. The summed E-state index contributed by atoms with van der Waals surface area (Å²) in [6.07, 6.45) is 0.887. The zero-order valence-corrected chi connectivity index (χ0v) is 11.7. The maximum Gasteiger partial charge on any atom is 0.261 e. The molecular weight excluding hydrogens is 242 g/mol. The molecule has 104 valence electrons. The van der Waals surface area contributed by atoms with E-state index >= 15 is 0 Å². The van der Waals surface area contributed by atoms with Crippen LogP contribution in [0.5, 0.6) is 0 Å². The predicted octanol–water partition coefficient (Wildman–Crippen LogP) is 0.803. The van der Waals surface area contributed by atoms with Gasteiger partial charge in [-0.15, -0.1) is 0 Å². The summed E-state index contributed by atoms with van der Waals surface area (Å²) in [7, 11) is 0. The van der Waals surface area contributed by atoms with Crippen LogP contribution in [-0.2, 0) is 0 Å². The molecular formula is C14H21N3O2. The van der Waals surface area contributed by atoms with E-state index in [0.717, 1.165) is 17.7 Å². The third-order valence-electron chi connectivity index (χ3n) is 3.92. The molecule has 3 N–H and O–H groups in total. The lowest BCUT2D eigenvalue weighted by Gasteiger charge is -2.22. The van der Waals surface area contributed by atoms with Crippen molar-refractivity contribution in [2.75, 3.05) is 19.6 Å². The Morgan fingerprint density at radius 3 is 2.74 bits per heavy atom. The quantitative estimate of drug-likeness (QED) is 0.828. The molecule has 0 aromatic carbocycles. The van der Waals surface area contributed by atoms with Gasteiger partial charge in [-0.3, -0.25) is 9.59 Å².